The lowest BCUT2D eigenvalue weighted by atomic mass is 9.83. The normalized spacial score (nSPS) is 16.5. The average molecular weight is 272 g/mol. The van der Waals surface area contributed by atoms with E-state index in [-0.39, 0.29) is 18.5 Å². The van der Waals surface area contributed by atoms with Gasteiger partial charge in [0.1, 0.15) is 6.10 Å². The Kier molecular flexibility index (Phi) is 7.95. The number of rotatable bonds is 9. The lowest BCUT2D eigenvalue weighted by Crippen LogP contribution is -2.33. The molecule has 0 heterocycles. The second-order valence-corrected chi connectivity index (χ2v) is 5.54. The monoisotopic (exact) mass is 272 g/mol. The number of aliphatic hydroxyl groups excluding tert-OH is 2. The van der Waals surface area contributed by atoms with Crippen molar-refractivity contribution in [1.82, 2.24) is 0 Å². The highest BCUT2D eigenvalue weighted by Crippen LogP contribution is 2.26. The van der Waals surface area contributed by atoms with Crippen LogP contribution in [-0.4, -0.2) is 34.5 Å². The number of carbonyl (C=O) groups excluding carboxylic acids is 1. The van der Waals surface area contributed by atoms with Crippen LogP contribution in [-0.2, 0) is 9.53 Å². The standard InChI is InChI=1S/C15H28O4/c1-6-12(19-14(18)7-2)9-11(16)10-13(17)15(4,5)8-3/h8,11-13,16-17H,3,6-7,9-10H2,1-2,4-5H3/t11-,12+,13-/m1/s1. The van der Waals surface area contributed by atoms with Gasteiger partial charge < -0.3 is 14.9 Å². The summed E-state index contributed by atoms with van der Waals surface area (Å²) in [5.74, 6) is -0.258. The Morgan fingerprint density at radius 3 is 2.32 bits per heavy atom. The maximum Gasteiger partial charge on any atom is 0.305 e. The van der Waals surface area contributed by atoms with E-state index in [4.69, 9.17) is 4.74 Å². The minimum absolute atomic E-state index is 0.249. The molecule has 0 unspecified atom stereocenters. The van der Waals surface area contributed by atoms with Crippen molar-refractivity contribution in [2.75, 3.05) is 0 Å². The number of esters is 1. The van der Waals surface area contributed by atoms with Crippen molar-refractivity contribution in [1.29, 1.82) is 0 Å². The van der Waals surface area contributed by atoms with Crippen LogP contribution in [0.25, 0.3) is 0 Å². The second kappa shape index (κ2) is 8.33. The quantitative estimate of drug-likeness (QED) is 0.500. The zero-order chi connectivity index (χ0) is 15.1. The smallest absolute Gasteiger partial charge is 0.305 e. The highest BCUT2D eigenvalue weighted by molar-refractivity contribution is 5.69. The van der Waals surface area contributed by atoms with Crippen molar-refractivity contribution in [2.24, 2.45) is 5.41 Å². The Labute approximate surface area is 116 Å². The van der Waals surface area contributed by atoms with Crippen molar-refractivity contribution in [3.05, 3.63) is 12.7 Å². The van der Waals surface area contributed by atoms with Gasteiger partial charge in [0, 0.05) is 24.7 Å². The summed E-state index contributed by atoms with van der Waals surface area (Å²) in [6.07, 6.45) is 1.62. The van der Waals surface area contributed by atoms with Gasteiger partial charge in [-0.1, -0.05) is 33.8 Å². The Bertz CT molecular complexity index is 286. The summed E-state index contributed by atoms with van der Waals surface area (Å²) in [6, 6.07) is 0. The summed E-state index contributed by atoms with van der Waals surface area (Å²) in [5.41, 5.74) is -0.442. The zero-order valence-electron chi connectivity index (χ0n) is 12.6. The molecule has 0 bridgehead atoms. The molecule has 0 aliphatic carbocycles. The summed E-state index contributed by atoms with van der Waals surface area (Å²) in [7, 11) is 0. The SMILES string of the molecule is C=CC(C)(C)[C@H](O)C[C@H](O)C[C@H](CC)OC(=O)CC. The molecule has 0 radical (unpaired) electrons. The van der Waals surface area contributed by atoms with E-state index in [0.717, 1.165) is 0 Å². The molecule has 4 nitrogen and oxygen atoms in total. The third kappa shape index (κ3) is 6.73. The molecule has 0 aliphatic heterocycles. The highest BCUT2D eigenvalue weighted by atomic mass is 16.5. The van der Waals surface area contributed by atoms with E-state index in [1.54, 1.807) is 13.0 Å². The van der Waals surface area contributed by atoms with Gasteiger partial charge in [0.2, 0.25) is 0 Å². The van der Waals surface area contributed by atoms with Crippen molar-refractivity contribution >= 4 is 5.97 Å². The molecule has 0 saturated heterocycles. The fourth-order valence-corrected chi connectivity index (χ4v) is 1.66. The molecule has 0 fully saturated rings. The van der Waals surface area contributed by atoms with Gasteiger partial charge in [-0.25, -0.2) is 0 Å². The number of hydrogen-bond donors (Lipinski definition) is 2. The van der Waals surface area contributed by atoms with Gasteiger partial charge in [-0.15, -0.1) is 6.58 Å². The van der Waals surface area contributed by atoms with E-state index in [9.17, 15) is 15.0 Å². The molecule has 0 spiro atoms. The molecular formula is C15H28O4. The fraction of sp³-hybridized carbons (Fsp3) is 0.800. The van der Waals surface area contributed by atoms with Crippen LogP contribution in [0.4, 0.5) is 0 Å². The van der Waals surface area contributed by atoms with E-state index in [2.05, 4.69) is 6.58 Å². The predicted molar refractivity (Wildman–Crippen MR) is 75.7 cm³/mol. The molecule has 0 aromatic rings. The van der Waals surface area contributed by atoms with Gasteiger partial charge in [0.15, 0.2) is 0 Å². The second-order valence-electron chi connectivity index (χ2n) is 5.54. The molecule has 0 aromatic carbocycles. The molecule has 19 heavy (non-hydrogen) atoms. The van der Waals surface area contributed by atoms with Crippen molar-refractivity contribution in [3.63, 3.8) is 0 Å². The molecule has 112 valence electrons. The van der Waals surface area contributed by atoms with Gasteiger partial charge in [0.25, 0.3) is 0 Å². The predicted octanol–water partition coefficient (Wildman–Crippen LogP) is 2.43. The van der Waals surface area contributed by atoms with Crippen LogP contribution in [0.2, 0.25) is 0 Å². The van der Waals surface area contributed by atoms with Crippen LogP contribution in [0.3, 0.4) is 0 Å². The third-order valence-electron chi connectivity index (χ3n) is 3.46. The van der Waals surface area contributed by atoms with E-state index in [0.29, 0.717) is 19.3 Å². The summed E-state index contributed by atoms with van der Waals surface area (Å²) >= 11 is 0. The Hall–Kier alpha value is -0.870. The van der Waals surface area contributed by atoms with Crippen LogP contribution < -0.4 is 0 Å². The first-order valence-electron chi connectivity index (χ1n) is 6.95. The molecule has 0 amide bonds. The van der Waals surface area contributed by atoms with Gasteiger partial charge in [-0.05, 0) is 6.42 Å². The van der Waals surface area contributed by atoms with Crippen LogP contribution in [0.15, 0.2) is 12.7 Å². The number of aliphatic hydroxyl groups is 2. The lowest BCUT2D eigenvalue weighted by molar-refractivity contribution is -0.150. The topological polar surface area (TPSA) is 66.8 Å². The zero-order valence-corrected chi connectivity index (χ0v) is 12.6. The minimum Gasteiger partial charge on any atom is -0.462 e. The van der Waals surface area contributed by atoms with Gasteiger partial charge in [0.05, 0.1) is 12.2 Å². The fourth-order valence-electron chi connectivity index (χ4n) is 1.66. The molecular weight excluding hydrogens is 244 g/mol. The molecule has 0 aromatic heterocycles. The molecule has 3 atom stereocenters. The van der Waals surface area contributed by atoms with E-state index in [1.807, 2.05) is 20.8 Å². The third-order valence-corrected chi connectivity index (χ3v) is 3.46. The van der Waals surface area contributed by atoms with Gasteiger partial charge in [-0.2, -0.15) is 0 Å². The maximum absolute atomic E-state index is 11.2. The Morgan fingerprint density at radius 2 is 1.89 bits per heavy atom. The molecule has 0 rings (SSSR count). The number of hydrogen-bond acceptors (Lipinski definition) is 4. The Balaban J connectivity index is 4.31. The van der Waals surface area contributed by atoms with Crippen LogP contribution in [0.5, 0.6) is 0 Å². The molecule has 0 saturated carbocycles. The molecule has 0 aliphatic rings. The summed E-state index contributed by atoms with van der Waals surface area (Å²) in [4.78, 5) is 11.2. The van der Waals surface area contributed by atoms with Crippen molar-refractivity contribution in [2.45, 2.75) is 71.7 Å². The number of ether oxygens (including phenoxy) is 1. The summed E-state index contributed by atoms with van der Waals surface area (Å²) < 4.78 is 5.21. The highest BCUT2D eigenvalue weighted by Gasteiger charge is 2.27. The van der Waals surface area contributed by atoms with E-state index >= 15 is 0 Å². The van der Waals surface area contributed by atoms with Crippen LogP contribution in [0, 0.1) is 5.41 Å². The first kappa shape index (κ1) is 18.1. The number of carbonyl (C=O) groups is 1. The van der Waals surface area contributed by atoms with Crippen LogP contribution >= 0.6 is 0 Å². The maximum atomic E-state index is 11.2. The van der Waals surface area contributed by atoms with Crippen molar-refractivity contribution in [3.8, 4) is 0 Å². The molecule has 4 heteroatoms. The van der Waals surface area contributed by atoms with Gasteiger partial charge in [-0.3, -0.25) is 4.79 Å². The average Bonchev–Trinajstić information content (AvgIpc) is 2.37. The van der Waals surface area contributed by atoms with Crippen molar-refractivity contribution < 1.29 is 19.7 Å². The van der Waals surface area contributed by atoms with Gasteiger partial charge >= 0.3 is 5.97 Å². The summed E-state index contributed by atoms with van der Waals surface area (Å²) in [5, 5.41) is 20.0. The summed E-state index contributed by atoms with van der Waals surface area (Å²) in [6.45, 7) is 11.1. The lowest BCUT2D eigenvalue weighted by Gasteiger charge is -2.29. The van der Waals surface area contributed by atoms with E-state index in [1.165, 1.54) is 0 Å². The minimum atomic E-state index is -0.691. The largest absolute Gasteiger partial charge is 0.462 e. The first-order valence-corrected chi connectivity index (χ1v) is 6.95. The first-order chi connectivity index (χ1) is 8.76. The van der Waals surface area contributed by atoms with Crippen LogP contribution in [0.1, 0.15) is 53.4 Å². The van der Waals surface area contributed by atoms with E-state index < -0.39 is 17.6 Å². The Morgan fingerprint density at radius 1 is 1.32 bits per heavy atom. The molecule has 2 N–H and O–H groups in total.